The number of aromatic nitrogens is 1. The number of fused-ring (bicyclic) bond motifs is 1. The van der Waals surface area contributed by atoms with E-state index in [1.54, 1.807) is 6.20 Å². The summed E-state index contributed by atoms with van der Waals surface area (Å²) in [6.07, 6.45) is 2.56. The highest BCUT2D eigenvalue weighted by molar-refractivity contribution is 6.20. The fraction of sp³-hybridized carbons (Fsp3) is 0.375. The number of benzene rings is 1. The number of hydrogen-bond acceptors (Lipinski definition) is 2. The van der Waals surface area contributed by atoms with Crippen LogP contribution in [-0.2, 0) is 0 Å². The molecule has 0 N–H and O–H groups in total. The van der Waals surface area contributed by atoms with Crippen LogP contribution in [0.3, 0.4) is 0 Å². The van der Waals surface area contributed by atoms with E-state index < -0.39 is 0 Å². The Hall–Kier alpha value is -1.61. The highest BCUT2D eigenvalue weighted by Crippen LogP contribution is 2.25. The van der Waals surface area contributed by atoms with Gasteiger partial charge in [0.05, 0.1) is 11.1 Å². The maximum absolute atomic E-state index is 12.7. The van der Waals surface area contributed by atoms with Crippen molar-refractivity contribution in [3.8, 4) is 0 Å². The van der Waals surface area contributed by atoms with Crippen LogP contribution in [0.4, 0.5) is 0 Å². The smallest absolute Gasteiger partial charge is 0.254 e. The van der Waals surface area contributed by atoms with Crippen LogP contribution >= 0.6 is 11.6 Å². The lowest BCUT2D eigenvalue weighted by Gasteiger charge is -2.34. The quantitative estimate of drug-likeness (QED) is 0.754. The van der Waals surface area contributed by atoms with Gasteiger partial charge in [0.1, 0.15) is 0 Å². The molecule has 2 atom stereocenters. The second-order valence-corrected chi connectivity index (χ2v) is 5.97. The molecule has 2 aromatic rings. The summed E-state index contributed by atoms with van der Waals surface area (Å²) in [6, 6.07) is 9.56. The Bertz CT molecular complexity index is 638. The number of nitrogens with zero attached hydrogens (tertiary/aromatic N) is 2. The lowest BCUT2D eigenvalue weighted by Crippen LogP contribution is -2.43. The van der Waals surface area contributed by atoms with Gasteiger partial charge in [0.2, 0.25) is 0 Å². The SMILES string of the molecule is CC1CN(C(=O)c2ccnc3ccccc23)CCC1Cl. The number of hydrogen-bond donors (Lipinski definition) is 0. The monoisotopic (exact) mass is 288 g/mol. The van der Waals surface area contributed by atoms with E-state index in [9.17, 15) is 4.79 Å². The van der Waals surface area contributed by atoms with Gasteiger partial charge < -0.3 is 4.90 Å². The van der Waals surface area contributed by atoms with Gasteiger partial charge in [0.25, 0.3) is 5.91 Å². The number of rotatable bonds is 1. The number of piperidine rings is 1. The molecule has 1 aromatic heterocycles. The third kappa shape index (κ3) is 2.38. The predicted molar refractivity (Wildman–Crippen MR) is 81.1 cm³/mol. The van der Waals surface area contributed by atoms with E-state index in [0.29, 0.717) is 5.92 Å². The zero-order valence-corrected chi connectivity index (χ0v) is 12.2. The van der Waals surface area contributed by atoms with Gasteiger partial charge in [0, 0.05) is 30.0 Å². The third-order valence-electron chi connectivity index (χ3n) is 3.97. The van der Waals surface area contributed by atoms with E-state index >= 15 is 0 Å². The molecule has 2 heterocycles. The topological polar surface area (TPSA) is 33.2 Å². The molecule has 1 fully saturated rings. The number of amides is 1. The first-order valence-electron chi connectivity index (χ1n) is 6.94. The first kappa shape index (κ1) is 13.4. The highest BCUT2D eigenvalue weighted by Gasteiger charge is 2.28. The van der Waals surface area contributed by atoms with Crippen molar-refractivity contribution in [2.24, 2.45) is 5.92 Å². The van der Waals surface area contributed by atoms with Gasteiger partial charge in [-0.05, 0) is 24.5 Å². The molecule has 1 amide bonds. The summed E-state index contributed by atoms with van der Waals surface area (Å²) < 4.78 is 0. The number of carbonyl (C=O) groups excluding carboxylic acids is 1. The molecule has 4 heteroatoms. The van der Waals surface area contributed by atoms with Gasteiger partial charge in [0.15, 0.2) is 0 Å². The molecule has 3 nitrogen and oxygen atoms in total. The number of halogens is 1. The van der Waals surface area contributed by atoms with E-state index in [2.05, 4.69) is 11.9 Å². The van der Waals surface area contributed by atoms with Crippen molar-refractivity contribution >= 4 is 28.4 Å². The average molecular weight is 289 g/mol. The van der Waals surface area contributed by atoms with Crippen molar-refractivity contribution in [3.63, 3.8) is 0 Å². The number of likely N-dealkylation sites (tertiary alicyclic amines) is 1. The first-order chi connectivity index (χ1) is 9.66. The molecule has 2 unspecified atom stereocenters. The zero-order chi connectivity index (χ0) is 14.1. The normalized spacial score (nSPS) is 23.0. The molecular formula is C16H17ClN2O. The van der Waals surface area contributed by atoms with E-state index in [4.69, 9.17) is 11.6 Å². The Morgan fingerprint density at radius 3 is 2.95 bits per heavy atom. The minimum atomic E-state index is 0.0824. The van der Waals surface area contributed by atoms with Crippen molar-refractivity contribution < 1.29 is 4.79 Å². The predicted octanol–water partition coefficient (Wildman–Crippen LogP) is 3.32. The largest absolute Gasteiger partial charge is 0.338 e. The number of para-hydroxylation sites is 1. The molecule has 0 bridgehead atoms. The molecular weight excluding hydrogens is 272 g/mol. The van der Waals surface area contributed by atoms with Crippen molar-refractivity contribution in [2.45, 2.75) is 18.7 Å². The van der Waals surface area contributed by atoms with Crippen LogP contribution in [0.2, 0.25) is 0 Å². The molecule has 0 spiro atoms. The second-order valence-electron chi connectivity index (χ2n) is 5.41. The molecule has 1 aliphatic heterocycles. The Morgan fingerprint density at radius 2 is 2.15 bits per heavy atom. The van der Waals surface area contributed by atoms with Crippen LogP contribution in [0.25, 0.3) is 10.9 Å². The van der Waals surface area contributed by atoms with Crippen molar-refractivity contribution in [1.29, 1.82) is 0 Å². The van der Waals surface area contributed by atoms with Crippen LogP contribution < -0.4 is 0 Å². The van der Waals surface area contributed by atoms with E-state index in [1.807, 2.05) is 35.2 Å². The Balaban J connectivity index is 1.93. The minimum absolute atomic E-state index is 0.0824. The van der Waals surface area contributed by atoms with Crippen LogP contribution in [0.15, 0.2) is 36.5 Å². The van der Waals surface area contributed by atoms with E-state index in [0.717, 1.165) is 36.0 Å². The number of carbonyl (C=O) groups is 1. The second kappa shape index (κ2) is 5.41. The van der Waals surface area contributed by atoms with Gasteiger partial charge in [-0.25, -0.2) is 0 Å². The van der Waals surface area contributed by atoms with Crippen LogP contribution in [0, 0.1) is 5.92 Å². The maximum atomic E-state index is 12.7. The van der Waals surface area contributed by atoms with Crippen molar-refractivity contribution in [2.75, 3.05) is 13.1 Å². The molecule has 104 valence electrons. The first-order valence-corrected chi connectivity index (χ1v) is 7.37. The van der Waals surface area contributed by atoms with Gasteiger partial charge in [-0.2, -0.15) is 0 Å². The summed E-state index contributed by atoms with van der Waals surface area (Å²) in [6.45, 7) is 3.55. The highest BCUT2D eigenvalue weighted by atomic mass is 35.5. The van der Waals surface area contributed by atoms with Crippen LogP contribution in [0.1, 0.15) is 23.7 Å². The summed E-state index contributed by atoms with van der Waals surface area (Å²) in [7, 11) is 0. The molecule has 3 rings (SSSR count). The Kier molecular flexibility index (Phi) is 3.62. The lowest BCUT2D eigenvalue weighted by molar-refractivity contribution is 0.0689. The molecule has 1 aromatic carbocycles. The van der Waals surface area contributed by atoms with Gasteiger partial charge >= 0.3 is 0 Å². The Labute approximate surface area is 123 Å². The van der Waals surface area contributed by atoms with Crippen molar-refractivity contribution in [3.05, 3.63) is 42.1 Å². The Morgan fingerprint density at radius 1 is 1.35 bits per heavy atom. The third-order valence-corrected chi connectivity index (χ3v) is 4.62. The summed E-state index contributed by atoms with van der Waals surface area (Å²) in [5.74, 6) is 0.418. The summed E-state index contributed by atoms with van der Waals surface area (Å²) in [4.78, 5) is 18.9. The van der Waals surface area contributed by atoms with Gasteiger partial charge in [-0.3, -0.25) is 9.78 Å². The van der Waals surface area contributed by atoms with Gasteiger partial charge in [-0.1, -0.05) is 25.1 Å². The minimum Gasteiger partial charge on any atom is -0.338 e. The maximum Gasteiger partial charge on any atom is 0.254 e. The summed E-state index contributed by atoms with van der Waals surface area (Å²) in [5.41, 5.74) is 1.59. The zero-order valence-electron chi connectivity index (χ0n) is 11.4. The van der Waals surface area contributed by atoms with Crippen LogP contribution in [-0.4, -0.2) is 34.3 Å². The van der Waals surface area contributed by atoms with E-state index in [-0.39, 0.29) is 11.3 Å². The lowest BCUT2D eigenvalue weighted by atomic mass is 9.98. The van der Waals surface area contributed by atoms with Crippen molar-refractivity contribution in [1.82, 2.24) is 9.88 Å². The van der Waals surface area contributed by atoms with Crippen LogP contribution in [0.5, 0.6) is 0 Å². The molecule has 1 saturated heterocycles. The molecule has 0 saturated carbocycles. The molecule has 0 radical (unpaired) electrons. The molecule has 0 aliphatic carbocycles. The standard InChI is InChI=1S/C16H17ClN2O/c1-11-10-19(9-7-14(11)17)16(20)13-6-8-18-15-5-3-2-4-12(13)15/h2-6,8,11,14H,7,9-10H2,1H3. The average Bonchev–Trinajstić information content (AvgIpc) is 2.49. The number of pyridine rings is 1. The van der Waals surface area contributed by atoms with E-state index in [1.165, 1.54) is 0 Å². The fourth-order valence-electron chi connectivity index (χ4n) is 2.75. The number of alkyl halides is 1. The van der Waals surface area contributed by atoms with Gasteiger partial charge in [-0.15, -0.1) is 11.6 Å². The fourth-order valence-corrected chi connectivity index (χ4v) is 2.93. The molecule has 20 heavy (non-hydrogen) atoms. The summed E-state index contributed by atoms with van der Waals surface area (Å²) in [5, 5.41) is 1.09. The molecule has 1 aliphatic rings. The summed E-state index contributed by atoms with van der Waals surface area (Å²) >= 11 is 6.23.